The summed E-state index contributed by atoms with van der Waals surface area (Å²) in [6.45, 7) is 9.74. The first kappa shape index (κ1) is 15.0. The summed E-state index contributed by atoms with van der Waals surface area (Å²) in [6.07, 6.45) is 3.20. The maximum atomic E-state index is 4.60. The molecule has 0 amide bonds. The maximum Gasteiger partial charge on any atom is 0.128 e. The van der Waals surface area contributed by atoms with Crippen LogP contribution in [0.15, 0.2) is 18.3 Å². The third-order valence-corrected chi connectivity index (χ3v) is 3.48. The van der Waals surface area contributed by atoms with Gasteiger partial charge in [0, 0.05) is 25.8 Å². The molecular weight excluding hydrogens is 222 g/mol. The Bertz CT molecular complexity index is 332. The van der Waals surface area contributed by atoms with Crippen molar-refractivity contribution in [2.75, 3.05) is 38.6 Å². The summed E-state index contributed by atoms with van der Waals surface area (Å²) in [5.41, 5.74) is 1.34. The van der Waals surface area contributed by atoms with Gasteiger partial charge in [0.2, 0.25) is 0 Å². The van der Waals surface area contributed by atoms with Gasteiger partial charge in [-0.25, -0.2) is 4.98 Å². The van der Waals surface area contributed by atoms with E-state index in [-0.39, 0.29) is 0 Å². The fraction of sp³-hybridized carbons (Fsp3) is 0.667. The monoisotopic (exact) mass is 249 g/mol. The number of rotatable bonds is 7. The Hall–Kier alpha value is -1.09. The lowest BCUT2D eigenvalue weighted by Gasteiger charge is -2.24. The van der Waals surface area contributed by atoms with E-state index in [4.69, 9.17) is 0 Å². The van der Waals surface area contributed by atoms with E-state index in [0.717, 1.165) is 25.5 Å². The van der Waals surface area contributed by atoms with E-state index in [9.17, 15) is 0 Å². The van der Waals surface area contributed by atoms with Crippen molar-refractivity contribution in [1.82, 2.24) is 9.88 Å². The van der Waals surface area contributed by atoms with E-state index in [1.54, 1.807) is 0 Å². The van der Waals surface area contributed by atoms with Gasteiger partial charge in [-0.05, 0) is 45.0 Å². The van der Waals surface area contributed by atoms with E-state index < -0.39 is 0 Å². The average molecular weight is 249 g/mol. The molecule has 0 radical (unpaired) electrons. The lowest BCUT2D eigenvalue weighted by atomic mass is 10.0. The summed E-state index contributed by atoms with van der Waals surface area (Å²) >= 11 is 0. The average Bonchev–Trinajstić information content (AvgIpc) is 2.39. The highest BCUT2D eigenvalue weighted by atomic mass is 15.2. The Morgan fingerprint density at radius 3 is 2.33 bits per heavy atom. The van der Waals surface area contributed by atoms with Gasteiger partial charge in [0.05, 0.1) is 0 Å². The Morgan fingerprint density at radius 1 is 1.17 bits per heavy atom. The lowest BCUT2D eigenvalue weighted by molar-refractivity contribution is 0.413. The van der Waals surface area contributed by atoms with Gasteiger partial charge in [0.15, 0.2) is 0 Å². The molecule has 0 aliphatic carbocycles. The van der Waals surface area contributed by atoms with E-state index >= 15 is 0 Å². The van der Waals surface area contributed by atoms with Gasteiger partial charge in [-0.15, -0.1) is 0 Å². The molecule has 3 heteroatoms. The molecule has 1 rings (SSSR count). The zero-order valence-electron chi connectivity index (χ0n) is 12.5. The van der Waals surface area contributed by atoms with Crippen LogP contribution in [0.3, 0.4) is 0 Å². The minimum absolute atomic E-state index is 0.600. The number of anilines is 1. The number of nitrogens with zero attached hydrogens (tertiary/aromatic N) is 3. The third kappa shape index (κ3) is 4.30. The maximum absolute atomic E-state index is 4.60. The van der Waals surface area contributed by atoms with Crippen LogP contribution in [0.4, 0.5) is 5.82 Å². The Morgan fingerprint density at radius 2 is 1.89 bits per heavy atom. The van der Waals surface area contributed by atoms with Crippen LogP contribution in [0.25, 0.3) is 0 Å². The molecule has 102 valence electrons. The van der Waals surface area contributed by atoms with Gasteiger partial charge in [-0.1, -0.05) is 19.9 Å². The highest BCUT2D eigenvalue weighted by molar-refractivity contribution is 5.39. The summed E-state index contributed by atoms with van der Waals surface area (Å²) in [5, 5.41) is 0. The van der Waals surface area contributed by atoms with Crippen molar-refractivity contribution in [2.24, 2.45) is 0 Å². The van der Waals surface area contributed by atoms with E-state index in [0.29, 0.717) is 5.92 Å². The predicted molar refractivity (Wildman–Crippen MR) is 79.4 cm³/mol. The van der Waals surface area contributed by atoms with Gasteiger partial charge in [0.1, 0.15) is 5.82 Å². The first-order valence-corrected chi connectivity index (χ1v) is 6.94. The predicted octanol–water partition coefficient (Wildman–Crippen LogP) is 2.98. The van der Waals surface area contributed by atoms with E-state index in [1.807, 2.05) is 6.20 Å². The number of hydrogen-bond donors (Lipinski definition) is 0. The molecule has 1 heterocycles. The minimum atomic E-state index is 0.600. The molecule has 0 aliphatic heterocycles. The SMILES string of the molecule is CC[C@H](C)c1ccc(N(CC)CCN(C)C)nc1. The molecule has 18 heavy (non-hydrogen) atoms. The molecule has 0 aromatic carbocycles. The van der Waals surface area contributed by atoms with Gasteiger partial charge in [-0.3, -0.25) is 0 Å². The normalized spacial score (nSPS) is 12.8. The second-order valence-electron chi connectivity index (χ2n) is 5.14. The van der Waals surface area contributed by atoms with E-state index in [1.165, 1.54) is 12.0 Å². The molecule has 3 nitrogen and oxygen atoms in total. The summed E-state index contributed by atoms with van der Waals surface area (Å²) in [6, 6.07) is 4.37. The van der Waals surface area contributed by atoms with Crippen molar-refractivity contribution < 1.29 is 0 Å². The topological polar surface area (TPSA) is 19.4 Å². The molecule has 0 spiro atoms. The van der Waals surface area contributed by atoms with Crippen molar-refractivity contribution >= 4 is 5.82 Å². The van der Waals surface area contributed by atoms with Crippen LogP contribution in [0.2, 0.25) is 0 Å². The van der Waals surface area contributed by atoms with Crippen LogP contribution in [-0.2, 0) is 0 Å². The van der Waals surface area contributed by atoms with Crippen molar-refractivity contribution in [3.63, 3.8) is 0 Å². The van der Waals surface area contributed by atoms with Crippen molar-refractivity contribution in [3.05, 3.63) is 23.9 Å². The largest absolute Gasteiger partial charge is 0.356 e. The highest BCUT2D eigenvalue weighted by Gasteiger charge is 2.08. The summed E-state index contributed by atoms with van der Waals surface area (Å²) in [5.74, 6) is 1.69. The fourth-order valence-electron chi connectivity index (χ4n) is 1.87. The Kier molecular flexibility index (Phi) is 6.13. The van der Waals surface area contributed by atoms with E-state index in [2.05, 4.69) is 61.8 Å². The van der Waals surface area contributed by atoms with Crippen LogP contribution >= 0.6 is 0 Å². The van der Waals surface area contributed by atoms with Crippen LogP contribution < -0.4 is 4.90 Å². The minimum Gasteiger partial charge on any atom is -0.356 e. The number of aromatic nitrogens is 1. The van der Waals surface area contributed by atoms with Gasteiger partial charge >= 0.3 is 0 Å². The summed E-state index contributed by atoms with van der Waals surface area (Å²) in [7, 11) is 4.21. The second-order valence-corrected chi connectivity index (χ2v) is 5.14. The molecule has 0 saturated heterocycles. The van der Waals surface area contributed by atoms with Crippen molar-refractivity contribution in [1.29, 1.82) is 0 Å². The quantitative estimate of drug-likeness (QED) is 0.740. The molecule has 0 saturated carbocycles. The van der Waals surface area contributed by atoms with Gasteiger partial charge in [-0.2, -0.15) is 0 Å². The molecule has 0 N–H and O–H groups in total. The van der Waals surface area contributed by atoms with Crippen LogP contribution in [-0.4, -0.2) is 43.6 Å². The molecule has 0 aliphatic rings. The Balaban J connectivity index is 2.69. The first-order chi connectivity index (χ1) is 8.58. The first-order valence-electron chi connectivity index (χ1n) is 6.94. The molecular formula is C15H27N3. The Labute approximate surface area is 112 Å². The zero-order chi connectivity index (χ0) is 13.5. The number of likely N-dealkylation sites (N-methyl/N-ethyl adjacent to an activating group) is 2. The molecule has 1 aromatic heterocycles. The van der Waals surface area contributed by atoms with Crippen molar-refractivity contribution in [2.45, 2.75) is 33.1 Å². The second kappa shape index (κ2) is 7.37. The molecule has 0 unspecified atom stereocenters. The van der Waals surface area contributed by atoms with Gasteiger partial charge < -0.3 is 9.80 Å². The molecule has 1 atom stereocenters. The summed E-state index contributed by atoms with van der Waals surface area (Å²) < 4.78 is 0. The smallest absolute Gasteiger partial charge is 0.128 e. The number of hydrogen-bond acceptors (Lipinski definition) is 3. The lowest BCUT2D eigenvalue weighted by Crippen LogP contribution is -2.32. The highest BCUT2D eigenvalue weighted by Crippen LogP contribution is 2.19. The van der Waals surface area contributed by atoms with Gasteiger partial charge in [0.25, 0.3) is 0 Å². The zero-order valence-corrected chi connectivity index (χ0v) is 12.5. The van der Waals surface area contributed by atoms with Crippen LogP contribution in [0, 0.1) is 0 Å². The third-order valence-electron chi connectivity index (χ3n) is 3.48. The van der Waals surface area contributed by atoms with Crippen molar-refractivity contribution in [3.8, 4) is 0 Å². The number of pyridine rings is 1. The molecule has 1 aromatic rings. The molecule has 0 bridgehead atoms. The summed E-state index contributed by atoms with van der Waals surface area (Å²) in [4.78, 5) is 9.13. The van der Waals surface area contributed by atoms with Crippen LogP contribution in [0.5, 0.6) is 0 Å². The molecule has 0 fully saturated rings. The fourth-order valence-corrected chi connectivity index (χ4v) is 1.87. The standard InChI is InChI=1S/C15H27N3/c1-6-13(3)14-8-9-15(16-12-14)18(7-2)11-10-17(4)5/h8-9,12-13H,6-7,10-11H2,1-5H3/t13-/m0/s1. The van der Waals surface area contributed by atoms with Crippen LogP contribution in [0.1, 0.15) is 38.7 Å².